The monoisotopic (exact) mass is 304 g/mol. The molecule has 22 heavy (non-hydrogen) atoms. The zero-order valence-electron chi connectivity index (χ0n) is 13.4. The van der Waals surface area contributed by atoms with Gasteiger partial charge in [0.05, 0.1) is 0 Å². The number of aliphatic hydroxyl groups is 1. The average molecular weight is 304 g/mol. The van der Waals surface area contributed by atoms with E-state index >= 15 is 0 Å². The summed E-state index contributed by atoms with van der Waals surface area (Å²) < 4.78 is 5.65. The molecular weight excluding hydrogens is 276 g/mol. The Bertz CT molecular complexity index is 434. The van der Waals surface area contributed by atoms with Crippen LogP contribution < -0.4 is 4.74 Å². The molecule has 0 radical (unpaired) electrons. The third kappa shape index (κ3) is 4.45. The molecule has 122 valence electrons. The maximum absolute atomic E-state index is 10.2. The van der Waals surface area contributed by atoms with E-state index in [4.69, 9.17) is 4.74 Å². The van der Waals surface area contributed by atoms with Crippen LogP contribution in [0.2, 0.25) is 0 Å². The lowest BCUT2D eigenvalue weighted by Crippen LogP contribution is -2.49. The number of hydrogen-bond donors (Lipinski definition) is 1. The minimum Gasteiger partial charge on any atom is -0.491 e. The van der Waals surface area contributed by atoms with Crippen molar-refractivity contribution in [3.8, 4) is 5.75 Å². The molecular formula is C18H28N2O2. The summed E-state index contributed by atoms with van der Waals surface area (Å²) >= 11 is 0. The molecule has 4 nitrogen and oxygen atoms in total. The molecule has 2 aliphatic heterocycles. The maximum Gasteiger partial charge on any atom is 0.119 e. The number of hydrogen-bond acceptors (Lipinski definition) is 4. The molecule has 2 atom stereocenters. The fourth-order valence-electron chi connectivity index (χ4n) is 3.66. The van der Waals surface area contributed by atoms with Crippen LogP contribution in [0.25, 0.3) is 0 Å². The molecule has 0 saturated carbocycles. The van der Waals surface area contributed by atoms with Crippen molar-refractivity contribution in [2.45, 2.75) is 37.8 Å². The molecule has 0 bridgehead atoms. The highest BCUT2D eigenvalue weighted by Crippen LogP contribution is 2.20. The van der Waals surface area contributed by atoms with Crippen LogP contribution in [0.5, 0.6) is 5.75 Å². The van der Waals surface area contributed by atoms with Crippen molar-refractivity contribution in [1.29, 1.82) is 0 Å². The zero-order valence-corrected chi connectivity index (χ0v) is 13.4. The molecule has 2 heterocycles. The Morgan fingerprint density at radius 2 is 1.86 bits per heavy atom. The smallest absolute Gasteiger partial charge is 0.119 e. The van der Waals surface area contributed by atoms with Gasteiger partial charge in [0.25, 0.3) is 0 Å². The summed E-state index contributed by atoms with van der Waals surface area (Å²) in [6, 6.07) is 10.4. The number of nitrogens with zero attached hydrogens (tertiary/aromatic N) is 2. The van der Waals surface area contributed by atoms with Crippen molar-refractivity contribution in [2.24, 2.45) is 0 Å². The van der Waals surface area contributed by atoms with Crippen LogP contribution in [0.3, 0.4) is 0 Å². The highest BCUT2D eigenvalue weighted by Gasteiger charge is 2.27. The highest BCUT2D eigenvalue weighted by atomic mass is 16.5. The van der Waals surface area contributed by atoms with E-state index in [2.05, 4.69) is 9.80 Å². The normalized spacial score (nSPS) is 25.2. The molecule has 0 unspecified atom stereocenters. The fraction of sp³-hybridized carbons (Fsp3) is 0.667. The lowest BCUT2D eigenvalue weighted by atomic mass is 10.0. The number of aliphatic hydroxyl groups excluding tert-OH is 1. The van der Waals surface area contributed by atoms with E-state index < -0.39 is 6.10 Å². The van der Waals surface area contributed by atoms with E-state index in [-0.39, 0.29) is 0 Å². The largest absolute Gasteiger partial charge is 0.491 e. The molecule has 2 aliphatic rings. The molecule has 0 aromatic heterocycles. The summed E-state index contributed by atoms with van der Waals surface area (Å²) in [5.74, 6) is 0.829. The predicted octanol–water partition coefficient (Wildman–Crippen LogP) is 1.99. The van der Waals surface area contributed by atoms with E-state index in [9.17, 15) is 5.11 Å². The quantitative estimate of drug-likeness (QED) is 0.872. The Morgan fingerprint density at radius 3 is 2.64 bits per heavy atom. The van der Waals surface area contributed by atoms with Gasteiger partial charge in [0.1, 0.15) is 18.5 Å². The molecule has 2 fully saturated rings. The van der Waals surface area contributed by atoms with Gasteiger partial charge >= 0.3 is 0 Å². The van der Waals surface area contributed by atoms with Gasteiger partial charge in [-0.2, -0.15) is 0 Å². The van der Waals surface area contributed by atoms with Crippen molar-refractivity contribution in [3.05, 3.63) is 30.3 Å². The van der Waals surface area contributed by atoms with Crippen molar-refractivity contribution in [3.63, 3.8) is 0 Å². The van der Waals surface area contributed by atoms with Gasteiger partial charge < -0.3 is 9.84 Å². The minimum atomic E-state index is -0.419. The lowest BCUT2D eigenvalue weighted by molar-refractivity contribution is 0.0416. The average Bonchev–Trinajstić information content (AvgIpc) is 3.09. The summed E-state index contributed by atoms with van der Waals surface area (Å²) in [5, 5.41) is 10.2. The molecule has 4 heteroatoms. The lowest BCUT2D eigenvalue weighted by Gasteiger charge is -2.38. The summed E-state index contributed by atoms with van der Waals surface area (Å²) in [7, 11) is 0. The van der Waals surface area contributed by atoms with Crippen LogP contribution >= 0.6 is 0 Å². The van der Waals surface area contributed by atoms with E-state index in [1.807, 2.05) is 30.3 Å². The third-order valence-corrected chi connectivity index (χ3v) is 4.79. The van der Waals surface area contributed by atoms with Crippen LogP contribution in [0.4, 0.5) is 0 Å². The van der Waals surface area contributed by atoms with Gasteiger partial charge in [-0.05, 0) is 57.5 Å². The van der Waals surface area contributed by atoms with Crippen molar-refractivity contribution < 1.29 is 9.84 Å². The molecule has 0 aliphatic carbocycles. The van der Waals surface area contributed by atoms with Crippen LogP contribution in [-0.2, 0) is 0 Å². The highest BCUT2D eigenvalue weighted by molar-refractivity contribution is 5.20. The van der Waals surface area contributed by atoms with Crippen molar-refractivity contribution >= 4 is 0 Å². The second-order valence-electron chi connectivity index (χ2n) is 6.58. The molecule has 0 amide bonds. The molecule has 0 spiro atoms. The Kier molecular flexibility index (Phi) is 5.70. The number of piperidine rings is 1. The Morgan fingerprint density at radius 1 is 1.09 bits per heavy atom. The first-order valence-corrected chi connectivity index (χ1v) is 8.63. The molecule has 1 aromatic carbocycles. The van der Waals surface area contributed by atoms with E-state index in [0.29, 0.717) is 12.6 Å². The molecule has 1 aromatic rings. The molecule has 1 N–H and O–H groups in total. The van der Waals surface area contributed by atoms with Gasteiger partial charge in [-0.1, -0.05) is 18.2 Å². The fourth-order valence-corrected chi connectivity index (χ4v) is 3.66. The number of benzene rings is 1. The Hall–Kier alpha value is -1.10. The summed E-state index contributed by atoms with van der Waals surface area (Å²) in [6.45, 7) is 5.82. The SMILES string of the molecule is O[C@@H](COc1ccccc1)CN1CCC[C@H](N2CCCC2)C1. The van der Waals surface area contributed by atoms with Crippen LogP contribution in [-0.4, -0.2) is 66.4 Å². The van der Waals surface area contributed by atoms with Gasteiger partial charge in [-0.15, -0.1) is 0 Å². The van der Waals surface area contributed by atoms with Gasteiger partial charge in [0.2, 0.25) is 0 Å². The van der Waals surface area contributed by atoms with Gasteiger partial charge in [-0.3, -0.25) is 9.80 Å². The Labute approximate surface area is 133 Å². The first kappa shape index (κ1) is 15.8. The van der Waals surface area contributed by atoms with E-state index in [0.717, 1.165) is 25.4 Å². The van der Waals surface area contributed by atoms with E-state index in [1.54, 1.807) is 0 Å². The second-order valence-corrected chi connectivity index (χ2v) is 6.58. The molecule has 3 rings (SSSR count). The van der Waals surface area contributed by atoms with Crippen LogP contribution in [0, 0.1) is 0 Å². The van der Waals surface area contributed by atoms with Crippen molar-refractivity contribution in [1.82, 2.24) is 9.80 Å². The third-order valence-electron chi connectivity index (χ3n) is 4.79. The number of rotatable bonds is 6. The van der Waals surface area contributed by atoms with E-state index in [1.165, 1.54) is 38.8 Å². The minimum absolute atomic E-state index is 0.370. The van der Waals surface area contributed by atoms with Crippen molar-refractivity contribution in [2.75, 3.05) is 39.3 Å². The summed E-state index contributed by atoms with van der Waals surface area (Å²) in [5.41, 5.74) is 0. The van der Waals surface area contributed by atoms with Gasteiger partial charge in [-0.25, -0.2) is 0 Å². The standard InChI is InChI=1S/C18H28N2O2/c21-17(15-22-18-8-2-1-3-9-18)14-19-10-6-7-16(13-19)20-11-4-5-12-20/h1-3,8-9,16-17,21H,4-7,10-15H2/t16-,17+/m0/s1. The summed E-state index contributed by atoms with van der Waals surface area (Å²) in [6.07, 6.45) is 4.84. The first-order valence-electron chi connectivity index (χ1n) is 8.63. The maximum atomic E-state index is 10.2. The molecule has 2 saturated heterocycles. The number of likely N-dealkylation sites (tertiary alicyclic amines) is 2. The summed E-state index contributed by atoms with van der Waals surface area (Å²) in [4.78, 5) is 5.05. The number of para-hydroxylation sites is 1. The predicted molar refractivity (Wildman–Crippen MR) is 88.2 cm³/mol. The Balaban J connectivity index is 1.41. The van der Waals surface area contributed by atoms with Crippen LogP contribution in [0.1, 0.15) is 25.7 Å². The second kappa shape index (κ2) is 7.95. The number of ether oxygens (including phenoxy) is 1. The van der Waals surface area contributed by atoms with Crippen LogP contribution in [0.15, 0.2) is 30.3 Å². The zero-order chi connectivity index (χ0) is 15.2. The topological polar surface area (TPSA) is 35.9 Å². The van der Waals surface area contributed by atoms with Gasteiger partial charge in [0, 0.05) is 19.1 Å². The first-order chi connectivity index (χ1) is 10.8. The van der Waals surface area contributed by atoms with Gasteiger partial charge in [0.15, 0.2) is 0 Å². The number of β-amino-alcohol motifs (C(OH)–C–C–N with tert-alkyl or cyclic N) is 1.